The third-order valence-corrected chi connectivity index (χ3v) is 3.07. The Morgan fingerprint density at radius 3 is 2.95 bits per heavy atom. The van der Waals surface area contributed by atoms with Gasteiger partial charge in [-0.1, -0.05) is 6.07 Å². The predicted molar refractivity (Wildman–Crippen MR) is 72.6 cm³/mol. The van der Waals surface area contributed by atoms with Crippen molar-refractivity contribution < 1.29 is 0 Å². The second-order valence-corrected chi connectivity index (χ2v) is 4.38. The Balaban J connectivity index is 1.93. The third-order valence-electron chi connectivity index (χ3n) is 3.07. The maximum atomic E-state index is 4.29. The smallest absolute Gasteiger partial charge is 0.163 e. The van der Waals surface area contributed by atoms with Gasteiger partial charge in [-0.25, -0.2) is 9.97 Å². The van der Waals surface area contributed by atoms with Crippen LogP contribution in [0.1, 0.15) is 18.5 Å². The van der Waals surface area contributed by atoms with Crippen molar-refractivity contribution in [1.29, 1.82) is 0 Å². The van der Waals surface area contributed by atoms with Crippen LogP contribution in [0.4, 0.5) is 5.82 Å². The molecule has 0 aliphatic rings. The Labute approximate surface area is 110 Å². The van der Waals surface area contributed by atoms with Gasteiger partial charge in [0.15, 0.2) is 5.65 Å². The van der Waals surface area contributed by atoms with E-state index in [0.717, 1.165) is 22.4 Å². The van der Waals surface area contributed by atoms with E-state index in [9.17, 15) is 0 Å². The van der Waals surface area contributed by atoms with Crippen LogP contribution in [0.25, 0.3) is 11.0 Å². The average Bonchev–Trinajstić information content (AvgIpc) is 2.83. The Morgan fingerprint density at radius 2 is 2.16 bits per heavy atom. The van der Waals surface area contributed by atoms with Crippen molar-refractivity contribution in [2.45, 2.75) is 13.0 Å². The SMILES string of the molecule is CC(Nc1ncnc2c1cnn2C)c1cccnc1. The summed E-state index contributed by atoms with van der Waals surface area (Å²) in [6.07, 6.45) is 6.93. The number of aromatic nitrogens is 5. The molecule has 96 valence electrons. The molecule has 1 N–H and O–H groups in total. The van der Waals surface area contributed by atoms with Crippen molar-refractivity contribution >= 4 is 16.9 Å². The largest absolute Gasteiger partial charge is 0.363 e. The van der Waals surface area contributed by atoms with Gasteiger partial charge in [-0.2, -0.15) is 5.10 Å². The molecular formula is C13H14N6. The molecule has 3 rings (SSSR count). The molecule has 0 saturated carbocycles. The molecule has 0 aliphatic carbocycles. The number of anilines is 1. The molecule has 0 aliphatic heterocycles. The van der Waals surface area contributed by atoms with Crippen molar-refractivity contribution in [2.24, 2.45) is 7.05 Å². The van der Waals surface area contributed by atoms with Crippen LogP contribution in [0.2, 0.25) is 0 Å². The van der Waals surface area contributed by atoms with Crippen LogP contribution in [-0.4, -0.2) is 24.7 Å². The number of rotatable bonds is 3. The van der Waals surface area contributed by atoms with Gasteiger partial charge in [0.2, 0.25) is 0 Å². The summed E-state index contributed by atoms with van der Waals surface area (Å²) in [7, 11) is 1.86. The number of aryl methyl sites for hydroxylation is 1. The number of fused-ring (bicyclic) bond motifs is 1. The van der Waals surface area contributed by atoms with E-state index in [1.165, 1.54) is 0 Å². The quantitative estimate of drug-likeness (QED) is 0.773. The van der Waals surface area contributed by atoms with Crippen LogP contribution in [0.15, 0.2) is 37.1 Å². The lowest BCUT2D eigenvalue weighted by Crippen LogP contribution is -2.08. The zero-order valence-corrected chi connectivity index (χ0v) is 10.8. The summed E-state index contributed by atoms with van der Waals surface area (Å²) in [4.78, 5) is 12.6. The van der Waals surface area contributed by atoms with Crippen LogP contribution >= 0.6 is 0 Å². The van der Waals surface area contributed by atoms with E-state index >= 15 is 0 Å². The average molecular weight is 254 g/mol. The molecule has 1 atom stereocenters. The fourth-order valence-corrected chi connectivity index (χ4v) is 2.00. The first kappa shape index (κ1) is 11.6. The highest BCUT2D eigenvalue weighted by molar-refractivity contribution is 5.86. The zero-order chi connectivity index (χ0) is 13.2. The summed E-state index contributed by atoms with van der Waals surface area (Å²) in [6, 6.07) is 4.08. The summed E-state index contributed by atoms with van der Waals surface area (Å²) >= 11 is 0. The molecule has 0 saturated heterocycles. The first-order valence-electron chi connectivity index (χ1n) is 6.05. The van der Waals surface area contributed by atoms with Gasteiger partial charge >= 0.3 is 0 Å². The van der Waals surface area contributed by atoms with E-state index in [1.54, 1.807) is 23.4 Å². The Kier molecular flexibility index (Phi) is 2.83. The molecule has 0 amide bonds. The maximum absolute atomic E-state index is 4.29. The van der Waals surface area contributed by atoms with E-state index in [1.807, 2.05) is 25.4 Å². The van der Waals surface area contributed by atoms with Gasteiger partial charge in [0.1, 0.15) is 12.1 Å². The topological polar surface area (TPSA) is 68.5 Å². The molecule has 0 aromatic carbocycles. The van der Waals surface area contributed by atoms with E-state index < -0.39 is 0 Å². The van der Waals surface area contributed by atoms with Crippen LogP contribution < -0.4 is 5.32 Å². The molecule has 3 aromatic heterocycles. The van der Waals surface area contributed by atoms with Gasteiger partial charge in [-0.3, -0.25) is 9.67 Å². The maximum Gasteiger partial charge on any atom is 0.163 e. The number of hydrogen-bond acceptors (Lipinski definition) is 5. The summed E-state index contributed by atoms with van der Waals surface area (Å²) in [6.45, 7) is 2.07. The Bertz CT molecular complexity index is 691. The molecule has 6 nitrogen and oxygen atoms in total. The summed E-state index contributed by atoms with van der Waals surface area (Å²) in [5, 5.41) is 8.49. The molecule has 19 heavy (non-hydrogen) atoms. The standard InChI is InChI=1S/C13H14N6/c1-9(10-4-3-5-14-6-10)18-12-11-7-17-19(2)13(11)16-8-15-12/h3-9H,1-2H3,(H,15,16,18). The highest BCUT2D eigenvalue weighted by Gasteiger charge is 2.11. The van der Waals surface area contributed by atoms with E-state index in [4.69, 9.17) is 0 Å². The molecule has 0 bridgehead atoms. The van der Waals surface area contributed by atoms with E-state index in [0.29, 0.717) is 0 Å². The minimum atomic E-state index is 0.118. The lowest BCUT2D eigenvalue weighted by atomic mass is 10.1. The molecule has 3 heterocycles. The number of hydrogen-bond donors (Lipinski definition) is 1. The first-order valence-corrected chi connectivity index (χ1v) is 6.05. The molecule has 0 fully saturated rings. The highest BCUT2D eigenvalue weighted by Crippen LogP contribution is 2.22. The summed E-state index contributed by atoms with van der Waals surface area (Å²) in [5.74, 6) is 0.787. The van der Waals surface area contributed by atoms with E-state index in [-0.39, 0.29) is 6.04 Å². The third kappa shape index (κ3) is 2.12. The number of nitrogens with one attached hydrogen (secondary N) is 1. The zero-order valence-electron chi connectivity index (χ0n) is 10.8. The normalized spacial score (nSPS) is 12.5. The van der Waals surface area contributed by atoms with Crippen molar-refractivity contribution in [3.8, 4) is 0 Å². The van der Waals surface area contributed by atoms with Gasteiger partial charge < -0.3 is 5.32 Å². The van der Waals surface area contributed by atoms with Gasteiger partial charge in [0.25, 0.3) is 0 Å². The van der Waals surface area contributed by atoms with Gasteiger partial charge in [-0.05, 0) is 18.6 Å². The molecule has 6 heteroatoms. The predicted octanol–water partition coefficient (Wildman–Crippen LogP) is 1.93. The van der Waals surface area contributed by atoms with Crippen molar-refractivity contribution in [2.75, 3.05) is 5.32 Å². The second kappa shape index (κ2) is 4.64. The number of nitrogens with zero attached hydrogens (tertiary/aromatic N) is 5. The lowest BCUT2D eigenvalue weighted by molar-refractivity contribution is 0.785. The van der Waals surface area contributed by atoms with Crippen molar-refractivity contribution in [1.82, 2.24) is 24.7 Å². The fraction of sp³-hybridized carbons (Fsp3) is 0.231. The van der Waals surface area contributed by atoms with Gasteiger partial charge in [-0.15, -0.1) is 0 Å². The summed E-state index contributed by atoms with van der Waals surface area (Å²) < 4.78 is 1.73. The first-order chi connectivity index (χ1) is 9.25. The number of pyridine rings is 1. The van der Waals surface area contributed by atoms with Gasteiger partial charge in [0.05, 0.1) is 17.6 Å². The molecule has 3 aromatic rings. The Hall–Kier alpha value is -2.50. The fourth-order valence-electron chi connectivity index (χ4n) is 2.00. The lowest BCUT2D eigenvalue weighted by Gasteiger charge is -2.14. The van der Waals surface area contributed by atoms with Crippen molar-refractivity contribution in [3.63, 3.8) is 0 Å². The van der Waals surface area contributed by atoms with Crippen LogP contribution in [-0.2, 0) is 7.05 Å². The van der Waals surface area contributed by atoms with Crippen LogP contribution in [0.5, 0.6) is 0 Å². The summed E-state index contributed by atoms with van der Waals surface area (Å²) in [5.41, 5.74) is 1.93. The minimum absolute atomic E-state index is 0.118. The molecular weight excluding hydrogens is 240 g/mol. The van der Waals surface area contributed by atoms with Gasteiger partial charge in [0, 0.05) is 19.4 Å². The van der Waals surface area contributed by atoms with Crippen LogP contribution in [0, 0.1) is 0 Å². The van der Waals surface area contributed by atoms with Crippen LogP contribution in [0.3, 0.4) is 0 Å². The molecule has 0 spiro atoms. The molecule has 1 unspecified atom stereocenters. The molecule has 0 radical (unpaired) electrons. The van der Waals surface area contributed by atoms with E-state index in [2.05, 4.69) is 32.3 Å². The monoisotopic (exact) mass is 254 g/mol. The second-order valence-electron chi connectivity index (χ2n) is 4.38. The van der Waals surface area contributed by atoms with Crippen molar-refractivity contribution in [3.05, 3.63) is 42.6 Å². The highest BCUT2D eigenvalue weighted by atomic mass is 15.3. The Morgan fingerprint density at radius 1 is 1.26 bits per heavy atom. The minimum Gasteiger partial charge on any atom is -0.363 e.